The van der Waals surface area contributed by atoms with Gasteiger partial charge in [0.1, 0.15) is 23.8 Å². The van der Waals surface area contributed by atoms with Gasteiger partial charge < -0.3 is 55.2 Å². The summed E-state index contributed by atoms with van der Waals surface area (Å²) in [4.78, 5) is 52.1. The summed E-state index contributed by atoms with van der Waals surface area (Å²) in [5, 5.41) is 18.1. The number of nitrogens with one attached hydrogen (secondary N) is 3. The summed E-state index contributed by atoms with van der Waals surface area (Å²) in [7, 11) is 0. The maximum Gasteiger partial charge on any atom is 0.327 e. The Morgan fingerprint density at radius 2 is 1.58 bits per heavy atom. The summed E-state index contributed by atoms with van der Waals surface area (Å²) in [6, 6.07) is 12.6. The predicted molar refractivity (Wildman–Crippen MR) is 237 cm³/mol. The Morgan fingerprint density at radius 1 is 0.922 bits per heavy atom. The highest BCUT2D eigenvalue weighted by atomic mass is 32.2. The van der Waals surface area contributed by atoms with Gasteiger partial charge >= 0.3 is 5.97 Å². The van der Waals surface area contributed by atoms with E-state index in [-0.39, 0.29) is 74.8 Å². The van der Waals surface area contributed by atoms with Crippen molar-refractivity contribution in [1.82, 2.24) is 25.4 Å². The molecule has 1 aliphatic rings. The van der Waals surface area contributed by atoms with Gasteiger partial charge in [-0.15, -0.1) is 11.8 Å². The largest absolute Gasteiger partial charge is 0.480 e. The number of nitrogens with two attached hydrogens (primary N) is 1. The first-order chi connectivity index (χ1) is 30.7. The number of hydrogen-bond donors (Lipinski definition) is 5. The van der Waals surface area contributed by atoms with Gasteiger partial charge in [0.05, 0.1) is 71.2 Å². The normalized spacial score (nSPS) is 16.0. The van der Waals surface area contributed by atoms with Crippen LogP contribution in [-0.4, -0.2) is 148 Å². The van der Waals surface area contributed by atoms with Gasteiger partial charge in [-0.2, -0.15) is 0 Å². The van der Waals surface area contributed by atoms with E-state index in [1.54, 1.807) is 17.2 Å². The van der Waals surface area contributed by atoms with E-state index >= 15 is 8.78 Å². The highest BCUT2D eigenvalue weighted by Gasteiger charge is 2.40. The van der Waals surface area contributed by atoms with Crippen LogP contribution >= 0.6 is 11.8 Å². The Hall–Kier alpha value is -4.50. The molecule has 64 heavy (non-hydrogen) atoms. The third-order valence-electron chi connectivity index (χ3n) is 10.3. The van der Waals surface area contributed by atoms with Crippen molar-refractivity contribution >= 4 is 35.5 Å². The number of benzene rings is 2. The number of carboxylic acid groups (broad SMARTS) is 1. The molecule has 0 saturated carbocycles. The Kier molecular flexibility index (Phi) is 22.1. The third-order valence-corrected chi connectivity index (χ3v) is 11.3. The van der Waals surface area contributed by atoms with Crippen molar-refractivity contribution in [2.24, 2.45) is 17.1 Å². The molecule has 0 bridgehead atoms. The van der Waals surface area contributed by atoms with Crippen LogP contribution in [0.5, 0.6) is 0 Å². The van der Waals surface area contributed by atoms with Gasteiger partial charge in [0.2, 0.25) is 17.7 Å². The summed E-state index contributed by atoms with van der Waals surface area (Å²) >= 11 is 1.04. The number of rotatable bonds is 29. The molecule has 6 N–H and O–H groups in total. The molecular formula is C45H63F3N6O9S. The van der Waals surface area contributed by atoms with E-state index in [0.29, 0.717) is 63.9 Å². The molecule has 4 atom stereocenters. The summed E-state index contributed by atoms with van der Waals surface area (Å²) in [6.45, 7) is 9.25. The highest BCUT2D eigenvalue weighted by molar-refractivity contribution is 8.00. The molecule has 0 spiro atoms. The number of hydrogen-bond acceptors (Lipinski definition) is 11. The SMILES string of the molecule is CC(C)(C)C(c1cc(-c2cc(F)ccc2F)cn1Cc1ccccc1)N(CC1CNCC1F)C(=O)CSCC(NC(=O)CCOCCOCCOCCOCCNC(=O)CN)C(=O)O. The highest BCUT2D eigenvalue weighted by Crippen LogP contribution is 2.42. The fraction of sp³-hybridized carbons (Fsp3) is 0.556. The summed E-state index contributed by atoms with van der Waals surface area (Å²) in [6.07, 6.45) is 0.421. The Balaban J connectivity index is 1.33. The van der Waals surface area contributed by atoms with Crippen molar-refractivity contribution in [1.29, 1.82) is 0 Å². The molecule has 1 aromatic heterocycles. The molecule has 2 aromatic carbocycles. The predicted octanol–water partition coefficient (Wildman–Crippen LogP) is 3.79. The number of carbonyl (C=O) groups is 4. The molecule has 0 radical (unpaired) electrons. The zero-order valence-corrected chi connectivity index (χ0v) is 37.6. The third kappa shape index (κ3) is 17.5. The van der Waals surface area contributed by atoms with E-state index in [2.05, 4.69) is 16.0 Å². The quantitative estimate of drug-likeness (QED) is 0.0634. The summed E-state index contributed by atoms with van der Waals surface area (Å²) < 4.78 is 68.5. The lowest BCUT2D eigenvalue weighted by molar-refractivity contribution is -0.141. The van der Waals surface area contributed by atoms with Crippen LogP contribution in [0.25, 0.3) is 11.1 Å². The minimum absolute atomic E-state index is 0.0288. The summed E-state index contributed by atoms with van der Waals surface area (Å²) in [5.41, 5.74) is 6.58. The molecule has 354 valence electrons. The Bertz CT molecular complexity index is 1920. The topological polar surface area (TPSA) is 196 Å². The van der Waals surface area contributed by atoms with Crippen molar-refractivity contribution in [2.75, 3.05) is 97.1 Å². The first-order valence-corrected chi connectivity index (χ1v) is 22.5. The lowest BCUT2D eigenvalue weighted by atomic mass is 9.82. The number of halogens is 3. The second-order valence-electron chi connectivity index (χ2n) is 16.4. The number of amides is 3. The molecular weight excluding hydrogens is 858 g/mol. The maximum atomic E-state index is 15.3. The fourth-order valence-electron chi connectivity index (χ4n) is 7.15. The molecule has 2 heterocycles. The zero-order chi connectivity index (χ0) is 46.5. The molecule has 15 nitrogen and oxygen atoms in total. The van der Waals surface area contributed by atoms with Gasteiger partial charge in [0, 0.05) is 73.8 Å². The van der Waals surface area contributed by atoms with Gasteiger partial charge in [-0.1, -0.05) is 51.1 Å². The van der Waals surface area contributed by atoms with Gasteiger partial charge in [-0.3, -0.25) is 14.4 Å². The van der Waals surface area contributed by atoms with Gasteiger partial charge in [-0.25, -0.2) is 18.0 Å². The number of alkyl halides is 1. The number of aromatic nitrogens is 1. The van der Waals surface area contributed by atoms with Crippen LogP contribution in [0.2, 0.25) is 0 Å². The van der Waals surface area contributed by atoms with E-state index in [1.165, 1.54) is 0 Å². The lowest BCUT2D eigenvalue weighted by Crippen LogP contribution is -2.47. The molecule has 19 heteroatoms. The van der Waals surface area contributed by atoms with Gasteiger partial charge in [-0.05, 0) is 35.2 Å². The van der Waals surface area contributed by atoms with E-state index in [1.807, 2.05) is 55.7 Å². The molecule has 3 aromatic rings. The molecule has 1 saturated heterocycles. The zero-order valence-electron chi connectivity index (χ0n) is 36.8. The van der Waals surface area contributed by atoms with Crippen molar-refractivity contribution in [3.05, 3.63) is 83.7 Å². The fourth-order valence-corrected chi connectivity index (χ4v) is 8.07. The lowest BCUT2D eigenvalue weighted by Gasteiger charge is -2.42. The molecule has 4 rings (SSSR count). The average molecular weight is 921 g/mol. The number of aliphatic carboxylic acids is 1. The first-order valence-electron chi connectivity index (χ1n) is 21.4. The molecule has 1 aliphatic heterocycles. The van der Waals surface area contributed by atoms with Crippen molar-refractivity contribution < 1.29 is 56.4 Å². The van der Waals surface area contributed by atoms with Crippen LogP contribution in [0, 0.1) is 23.0 Å². The number of ether oxygens (including phenoxy) is 4. The number of nitrogens with zero attached hydrogens (tertiary/aromatic N) is 2. The minimum atomic E-state index is -1.30. The number of carboxylic acids is 1. The Labute approximate surface area is 377 Å². The van der Waals surface area contributed by atoms with E-state index in [4.69, 9.17) is 24.7 Å². The molecule has 0 aliphatic carbocycles. The van der Waals surface area contributed by atoms with Crippen molar-refractivity contribution in [2.45, 2.75) is 52.0 Å². The number of carbonyl (C=O) groups excluding carboxylic acids is 3. The van der Waals surface area contributed by atoms with E-state index < -0.39 is 53.1 Å². The standard InChI is InChI=1S/C45H63F3N6O9S/c1-45(2,3)43(39-21-32(35-22-34(46)9-10-36(35)47)27-53(39)26-31-7-5-4-6-8-31)54(28-33-24-50-25-37(33)48)42(57)30-64-29-38(44(58)59)52-40(55)11-13-60-15-17-62-19-20-63-18-16-61-14-12-51-41(56)23-49/h4-10,21-22,27,33,37-38,43,50H,11-20,23-26,28-30,49H2,1-3H3,(H,51,56)(H,52,55)(H,58,59). The minimum Gasteiger partial charge on any atom is -0.480 e. The van der Waals surface area contributed by atoms with Gasteiger partial charge in [0.15, 0.2) is 0 Å². The van der Waals surface area contributed by atoms with Crippen LogP contribution in [0.3, 0.4) is 0 Å². The maximum absolute atomic E-state index is 15.3. The van der Waals surface area contributed by atoms with Crippen LogP contribution in [0.1, 0.15) is 44.5 Å². The van der Waals surface area contributed by atoms with Crippen molar-refractivity contribution in [3.63, 3.8) is 0 Å². The molecule has 3 amide bonds. The second-order valence-corrected chi connectivity index (χ2v) is 17.4. The van der Waals surface area contributed by atoms with Crippen LogP contribution in [0.4, 0.5) is 13.2 Å². The molecule has 4 unspecified atom stereocenters. The summed E-state index contributed by atoms with van der Waals surface area (Å²) in [5.74, 6) is -4.48. The van der Waals surface area contributed by atoms with Crippen LogP contribution in [-0.2, 0) is 44.7 Å². The number of thioether (sulfide) groups is 1. The first kappa shape index (κ1) is 52.1. The van der Waals surface area contributed by atoms with Crippen molar-refractivity contribution in [3.8, 4) is 11.1 Å². The van der Waals surface area contributed by atoms with Gasteiger partial charge in [0.25, 0.3) is 0 Å². The Morgan fingerprint density at radius 3 is 2.19 bits per heavy atom. The average Bonchev–Trinajstić information content (AvgIpc) is 3.86. The monoisotopic (exact) mass is 920 g/mol. The second kappa shape index (κ2) is 27.1. The molecule has 1 fully saturated rings. The van der Waals surface area contributed by atoms with Crippen LogP contribution in [0.15, 0.2) is 60.8 Å². The van der Waals surface area contributed by atoms with E-state index in [9.17, 15) is 28.7 Å². The van der Waals surface area contributed by atoms with E-state index in [0.717, 1.165) is 35.5 Å². The van der Waals surface area contributed by atoms with Crippen LogP contribution < -0.4 is 21.7 Å². The smallest absolute Gasteiger partial charge is 0.327 e.